The molecule has 0 atom stereocenters. The molecule has 3 N–H and O–H groups in total. The summed E-state index contributed by atoms with van der Waals surface area (Å²) in [6.07, 6.45) is 1.04. The van der Waals surface area contributed by atoms with Crippen molar-refractivity contribution in [2.45, 2.75) is 25.8 Å². The van der Waals surface area contributed by atoms with Crippen molar-refractivity contribution in [3.05, 3.63) is 34.3 Å². The molecule has 15 heavy (non-hydrogen) atoms. The Morgan fingerprint density at radius 3 is 2.73 bits per heavy atom. The van der Waals surface area contributed by atoms with Crippen LogP contribution in [0.15, 0.2) is 28.7 Å². The molecule has 0 aliphatic heterocycles. The molecule has 0 aromatic heterocycles. The third-order valence-corrected chi connectivity index (χ3v) is 2.55. The minimum absolute atomic E-state index is 0.128. The van der Waals surface area contributed by atoms with Gasteiger partial charge in [-0.15, -0.1) is 0 Å². The number of hydrogen-bond donors (Lipinski definition) is 2. The van der Waals surface area contributed by atoms with Crippen LogP contribution < -0.4 is 11.1 Å². The van der Waals surface area contributed by atoms with Crippen molar-refractivity contribution in [3.63, 3.8) is 0 Å². The predicted octanol–water partition coefficient (Wildman–Crippen LogP) is 2.32. The van der Waals surface area contributed by atoms with Crippen molar-refractivity contribution in [3.8, 4) is 0 Å². The second-order valence-electron chi connectivity index (χ2n) is 4.55. The van der Waals surface area contributed by atoms with E-state index in [9.17, 15) is 0 Å². The highest BCUT2D eigenvalue weighted by molar-refractivity contribution is 9.10. The molecule has 0 saturated carbocycles. The van der Waals surface area contributed by atoms with Gasteiger partial charge >= 0.3 is 0 Å². The van der Waals surface area contributed by atoms with Crippen LogP contribution in [0.2, 0.25) is 0 Å². The first kappa shape index (κ1) is 12.7. The molecule has 0 fully saturated rings. The maximum atomic E-state index is 5.87. The fourth-order valence-electron chi connectivity index (χ4n) is 1.34. The van der Waals surface area contributed by atoms with E-state index in [-0.39, 0.29) is 5.54 Å². The molecule has 0 unspecified atom stereocenters. The smallest absolute Gasteiger partial charge is 0.0223 e. The maximum Gasteiger partial charge on any atom is 0.0223 e. The first-order valence-corrected chi connectivity index (χ1v) is 6.01. The van der Waals surface area contributed by atoms with Crippen molar-refractivity contribution < 1.29 is 0 Å². The van der Waals surface area contributed by atoms with Crippen molar-refractivity contribution in [2.24, 2.45) is 5.73 Å². The van der Waals surface area contributed by atoms with E-state index in [1.807, 2.05) is 19.9 Å². The van der Waals surface area contributed by atoms with Gasteiger partial charge in [-0.1, -0.05) is 28.1 Å². The van der Waals surface area contributed by atoms with Gasteiger partial charge in [0, 0.05) is 16.6 Å². The largest absolute Gasteiger partial charge is 0.324 e. The first-order valence-electron chi connectivity index (χ1n) is 5.21. The molecule has 0 bridgehead atoms. The fraction of sp³-hybridized carbons (Fsp3) is 0.500. The normalized spacial score (nSPS) is 11.7. The summed E-state index contributed by atoms with van der Waals surface area (Å²) < 4.78 is 1.14. The zero-order chi connectivity index (χ0) is 11.3. The van der Waals surface area contributed by atoms with Crippen molar-refractivity contribution >= 4 is 15.9 Å². The van der Waals surface area contributed by atoms with Crippen molar-refractivity contribution in [2.75, 3.05) is 13.1 Å². The van der Waals surface area contributed by atoms with Gasteiger partial charge in [0.05, 0.1) is 0 Å². The average molecular weight is 271 g/mol. The number of benzene rings is 1. The standard InChI is InChI=1S/C12H19BrN2/c1-12(2,14)9-15-7-6-10-4-3-5-11(13)8-10/h3-5,8,15H,6-7,9,14H2,1-2H3. The molecule has 0 heterocycles. The van der Waals surface area contributed by atoms with Crippen LogP contribution in [0.3, 0.4) is 0 Å². The molecular formula is C12H19BrN2. The summed E-state index contributed by atoms with van der Waals surface area (Å²) in [4.78, 5) is 0. The lowest BCUT2D eigenvalue weighted by Gasteiger charge is -2.18. The topological polar surface area (TPSA) is 38.0 Å². The highest BCUT2D eigenvalue weighted by atomic mass is 79.9. The van der Waals surface area contributed by atoms with Crippen LogP contribution in [-0.4, -0.2) is 18.6 Å². The van der Waals surface area contributed by atoms with E-state index in [1.165, 1.54) is 5.56 Å². The highest BCUT2D eigenvalue weighted by Gasteiger charge is 2.08. The highest BCUT2D eigenvalue weighted by Crippen LogP contribution is 2.11. The zero-order valence-corrected chi connectivity index (χ0v) is 11.0. The van der Waals surface area contributed by atoms with Crippen LogP contribution >= 0.6 is 15.9 Å². The zero-order valence-electron chi connectivity index (χ0n) is 9.39. The minimum Gasteiger partial charge on any atom is -0.324 e. The van der Waals surface area contributed by atoms with Gasteiger partial charge < -0.3 is 11.1 Å². The predicted molar refractivity (Wildman–Crippen MR) is 69.0 cm³/mol. The van der Waals surface area contributed by atoms with E-state index in [1.54, 1.807) is 0 Å². The second-order valence-corrected chi connectivity index (χ2v) is 5.46. The van der Waals surface area contributed by atoms with Gasteiger partial charge in [0.2, 0.25) is 0 Å². The minimum atomic E-state index is -0.128. The number of hydrogen-bond acceptors (Lipinski definition) is 2. The number of nitrogens with one attached hydrogen (secondary N) is 1. The quantitative estimate of drug-likeness (QED) is 0.806. The fourth-order valence-corrected chi connectivity index (χ4v) is 1.78. The third-order valence-electron chi connectivity index (χ3n) is 2.06. The molecule has 2 nitrogen and oxygen atoms in total. The van der Waals surface area contributed by atoms with Gasteiger partial charge in [-0.05, 0) is 44.5 Å². The summed E-state index contributed by atoms with van der Waals surface area (Å²) >= 11 is 3.46. The number of nitrogens with two attached hydrogens (primary N) is 1. The van der Waals surface area contributed by atoms with Gasteiger partial charge in [-0.2, -0.15) is 0 Å². The Bertz CT molecular complexity index is 305. The summed E-state index contributed by atoms with van der Waals surface area (Å²) in [5.41, 5.74) is 7.08. The van der Waals surface area contributed by atoms with Crippen LogP contribution in [0.25, 0.3) is 0 Å². The van der Waals surface area contributed by atoms with Gasteiger partial charge in [0.1, 0.15) is 0 Å². The van der Waals surface area contributed by atoms with Crippen LogP contribution in [0.1, 0.15) is 19.4 Å². The maximum absolute atomic E-state index is 5.87. The molecule has 0 amide bonds. The second kappa shape index (κ2) is 5.64. The number of halogens is 1. The molecular weight excluding hydrogens is 252 g/mol. The van der Waals surface area contributed by atoms with E-state index in [0.29, 0.717) is 0 Å². The molecule has 0 aliphatic carbocycles. The number of rotatable bonds is 5. The molecule has 1 rings (SSSR count). The molecule has 1 aromatic rings. The Labute approximate surface area is 100 Å². The van der Waals surface area contributed by atoms with Crippen molar-refractivity contribution in [1.29, 1.82) is 0 Å². The first-order chi connectivity index (χ1) is 6.97. The molecule has 0 aliphatic rings. The van der Waals surface area contributed by atoms with Crippen LogP contribution in [0.5, 0.6) is 0 Å². The summed E-state index contributed by atoms with van der Waals surface area (Å²) in [5, 5.41) is 3.35. The molecule has 0 saturated heterocycles. The molecule has 0 spiro atoms. The lowest BCUT2D eigenvalue weighted by atomic mass is 10.1. The van der Waals surface area contributed by atoms with Gasteiger partial charge in [-0.3, -0.25) is 0 Å². The van der Waals surface area contributed by atoms with Gasteiger partial charge in [-0.25, -0.2) is 0 Å². The summed E-state index contributed by atoms with van der Waals surface area (Å²) in [7, 11) is 0. The third kappa shape index (κ3) is 5.92. The Kier molecular flexibility index (Phi) is 4.77. The summed E-state index contributed by atoms with van der Waals surface area (Å²) in [5.74, 6) is 0. The Balaban J connectivity index is 2.26. The van der Waals surface area contributed by atoms with E-state index >= 15 is 0 Å². The monoisotopic (exact) mass is 270 g/mol. The van der Waals surface area contributed by atoms with E-state index < -0.39 is 0 Å². The molecule has 3 heteroatoms. The van der Waals surface area contributed by atoms with Crippen LogP contribution in [0, 0.1) is 0 Å². The summed E-state index contributed by atoms with van der Waals surface area (Å²) in [6, 6.07) is 8.39. The lowest BCUT2D eigenvalue weighted by molar-refractivity contribution is 0.469. The summed E-state index contributed by atoms with van der Waals surface area (Å²) in [6.45, 7) is 5.87. The van der Waals surface area contributed by atoms with Gasteiger partial charge in [0.15, 0.2) is 0 Å². The van der Waals surface area contributed by atoms with Crippen LogP contribution in [0.4, 0.5) is 0 Å². The van der Waals surface area contributed by atoms with E-state index in [4.69, 9.17) is 5.73 Å². The van der Waals surface area contributed by atoms with Crippen molar-refractivity contribution in [1.82, 2.24) is 5.32 Å². The molecule has 0 radical (unpaired) electrons. The Hall–Kier alpha value is -0.380. The Morgan fingerprint density at radius 1 is 1.40 bits per heavy atom. The molecule has 84 valence electrons. The van der Waals surface area contributed by atoms with Crippen LogP contribution in [-0.2, 0) is 6.42 Å². The lowest BCUT2D eigenvalue weighted by Crippen LogP contribution is -2.43. The Morgan fingerprint density at radius 2 is 2.13 bits per heavy atom. The molecule has 1 aromatic carbocycles. The van der Waals surface area contributed by atoms with E-state index in [2.05, 4.69) is 39.4 Å². The van der Waals surface area contributed by atoms with Gasteiger partial charge in [0.25, 0.3) is 0 Å². The average Bonchev–Trinajstić information content (AvgIpc) is 2.11. The SMILES string of the molecule is CC(C)(N)CNCCc1cccc(Br)c1. The van der Waals surface area contributed by atoms with E-state index in [0.717, 1.165) is 24.0 Å².